The Morgan fingerprint density at radius 3 is 2.74 bits per heavy atom. The molecule has 0 unspecified atom stereocenters. The molecule has 0 radical (unpaired) electrons. The molecule has 0 N–H and O–H groups in total. The third-order valence-corrected chi connectivity index (χ3v) is 3.57. The molecule has 0 aromatic heterocycles. The summed E-state index contributed by atoms with van der Waals surface area (Å²) in [6.07, 6.45) is 0. The first kappa shape index (κ1) is 20.1. The van der Waals surface area contributed by atoms with Gasteiger partial charge in [0.25, 0.3) is 0 Å². The summed E-state index contributed by atoms with van der Waals surface area (Å²) in [5.74, 6) is -3.00. The third kappa shape index (κ3) is 5.15. The van der Waals surface area contributed by atoms with Crippen LogP contribution in [0.4, 0.5) is 10.1 Å². The van der Waals surface area contributed by atoms with Gasteiger partial charge in [-0.05, 0) is 31.2 Å². The van der Waals surface area contributed by atoms with Crippen molar-refractivity contribution in [2.24, 2.45) is 0 Å². The van der Waals surface area contributed by atoms with Crippen LogP contribution in [0.1, 0.15) is 12.5 Å². The van der Waals surface area contributed by atoms with Gasteiger partial charge in [0.2, 0.25) is 11.6 Å². The summed E-state index contributed by atoms with van der Waals surface area (Å²) >= 11 is 3.17. The Kier molecular flexibility index (Phi) is 6.67. The van der Waals surface area contributed by atoms with Gasteiger partial charge in [-0.25, -0.2) is 4.79 Å². The molecule has 0 fully saturated rings. The Balaban J connectivity index is 2.39. The summed E-state index contributed by atoms with van der Waals surface area (Å²) in [7, 11) is 0. The van der Waals surface area contributed by atoms with Crippen molar-refractivity contribution in [1.82, 2.24) is 0 Å². The van der Waals surface area contributed by atoms with Crippen molar-refractivity contribution in [3.8, 4) is 23.3 Å². The van der Waals surface area contributed by atoms with Gasteiger partial charge in [-0.3, -0.25) is 10.1 Å². The molecule has 0 spiro atoms. The Hall–Kier alpha value is -3.19. The minimum Gasteiger partial charge on any atom is -0.479 e. The second kappa shape index (κ2) is 8.95. The number of carbonyl (C=O) groups is 1. The van der Waals surface area contributed by atoms with Crippen molar-refractivity contribution < 1.29 is 28.3 Å². The maximum absolute atomic E-state index is 14.7. The quantitative estimate of drug-likeness (QED) is 0.363. The molecule has 0 aliphatic heterocycles. The van der Waals surface area contributed by atoms with Gasteiger partial charge in [-0.15, -0.1) is 0 Å². The van der Waals surface area contributed by atoms with Crippen LogP contribution in [0.25, 0.3) is 0 Å². The second-order valence-corrected chi connectivity index (χ2v) is 5.88. The first-order valence-electron chi connectivity index (χ1n) is 7.49. The summed E-state index contributed by atoms with van der Waals surface area (Å²) in [5.41, 5.74) is -0.438. The van der Waals surface area contributed by atoms with Crippen molar-refractivity contribution in [3.63, 3.8) is 0 Å². The summed E-state index contributed by atoms with van der Waals surface area (Å²) in [6.45, 7) is 1.16. The number of nitrogens with zero attached hydrogens (tertiary/aromatic N) is 2. The number of benzene rings is 2. The van der Waals surface area contributed by atoms with Crippen molar-refractivity contribution in [1.29, 1.82) is 5.26 Å². The number of carbonyl (C=O) groups excluding carboxylic acids is 1. The lowest BCUT2D eigenvalue weighted by Crippen LogP contribution is -2.15. The van der Waals surface area contributed by atoms with E-state index in [1.165, 1.54) is 18.2 Å². The highest BCUT2D eigenvalue weighted by Crippen LogP contribution is 2.39. The maximum Gasteiger partial charge on any atom is 0.344 e. The molecule has 140 valence electrons. The van der Waals surface area contributed by atoms with Gasteiger partial charge < -0.3 is 14.2 Å². The van der Waals surface area contributed by atoms with Crippen LogP contribution in [0.15, 0.2) is 34.8 Å². The lowest BCUT2D eigenvalue weighted by Gasteiger charge is -2.12. The maximum atomic E-state index is 14.7. The normalized spacial score (nSPS) is 10.0. The fourth-order valence-corrected chi connectivity index (χ4v) is 2.50. The highest BCUT2D eigenvalue weighted by molar-refractivity contribution is 9.10. The van der Waals surface area contributed by atoms with Crippen molar-refractivity contribution in [2.75, 3.05) is 13.2 Å². The van der Waals surface area contributed by atoms with E-state index >= 15 is 0 Å². The van der Waals surface area contributed by atoms with Crippen LogP contribution in [0.2, 0.25) is 0 Å². The lowest BCUT2D eigenvalue weighted by molar-refractivity contribution is -0.385. The van der Waals surface area contributed by atoms with Gasteiger partial charge in [-0.2, -0.15) is 9.65 Å². The molecule has 10 heteroatoms. The van der Waals surface area contributed by atoms with Gasteiger partial charge >= 0.3 is 11.7 Å². The van der Waals surface area contributed by atoms with Crippen LogP contribution >= 0.6 is 15.9 Å². The van der Waals surface area contributed by atoms with Gasteiger partial charge in [0.05, 0.1) is 23.2 Å². The van der Waals surface area contributed by atoms with Crippen LogP contribution in [-0.2, 0) is 9.53 Å². The number of nitriles is 1. The smallest absolute Gasteiger partial charge is 0.344 e. The SMILES string of the molecule is CCOC(=O)COc1ccc([N+](=O)[O-])c(Oc2cc(Br)cc(C#N)c2)c1F. The number of hydrogen-bond acceptors (Lipinski definition) is 7. The topological polar surface area (TPSA) is 112 Å². The van der Waals surface area contributed by atoms with E-state index in [9.17, 15) is 19.3 Å². The average molecular weight is 439 g/mol. The molecule has 0 aliphatic carbocycles. The number of hydrogen-bond donors (Lipinski definition) is 0. The number of ether oxygens (including phenoxy) is 3. The standard InChI is InChI=1S/C17H12BrFN2O6/c1-2-25-15(22)9-26-14-4-3-13(21(23)24)17(16(14)19)27-12-6-10(8-20)5-11(18)7-12/h3-7H,2,9H2,1H3. The largest absolute Gasteiger partial charge is 0.479 e. The molecule has 0 saturated heterocycles. The van der Waals surface area contributed by atoms with E-state index in [1.54, 1.807) is 6.92 Å². The number of esters is 1. The predicted molar refractivity (Wildman–Crippen MR) is 94.1 cm³/mol. The summed E-state index contributed by atoms with van der Waals surface area (Å²) in [4.78, 5) is 21.7. The number of nitro groups is 1. The molecule has 2 aromatic carbocycles. The molecule has 0 atom stereocenters. The van der Waals surface area contributed by atoms with Crippen LogP contribution in [0, 0.1) is 27.3 Å². The van der Waals surface area contributed by atoms with Crippen molar-refractivity contribution in [2.45, 2.75) is 6.92 Å². The first-order valence-corrected chi connectivity index (χ1v) is 8.28. The van der Waals surface area contributed by atoms with Gasteiger partial charge in [0.15, 0.2) is 12.4 Å². The van der Waals surface area contributed by atoms with Crippen molar-refractivity contribution >= 4 is 27.6 Å². The fourth-order valence-electron chi connectivity index (χ4n) is 2.02. The molecule has 0 heterocycles. The Labute approximate surface area is 161 Å². The molecular weight excluding hydrogens is 427 g/mol. The number of halogens is 2. The Morgan fingerprint density at radius 2 is 2.11 bits per heavy atom. The van der Waals surface area contributed by atoms with E-state index in [1.807, 2.05) is 6.07 Å². The monoisotopic (exact) mass is 438 g/mol. The molecular formula is C17H12BrFN2O6. The van der Waals surface area contributed by atoms with E-state index in [2.05, 4.69) is 20.7 Å². The molecule has 0 saturated carbocycles. The minimum atomic E-state index is -1.16. The molecule has 0 aliphatic rings. The number of nitro benzene ring substituents is 1. The van der Waals surface area contributed by atoms with E-state index < -0.39 is 40.5 Å². The van der Waals surface area contributed by atoms with Crippen LogP contribution in [0.3, 0.4) is 0 Å². The van der Waals surface area contributed by atoms with E-state index in [4.69, 9.17) is 14.7 Å². The van der Waals surface area contributed by atoms with E-state index in [0.29, 0.717) is 4.47 Å². The zero-order chi connectivity index (χ0) is 20.0. The molecule has 0 bridgehead atoms. The molecule has 0 amide bonds. The molecule has 27 heavy (non-hydrogen) atoms. The van der Waals surface area contributed by atoms with Gasteiger partial charge in [0.1, 0.15) is 5.75 Å². The lowest BCUT2D eigenvalue weighted by atomic mass is 10.2. The molecule has 2 rings (SSSR count). The van der Waals surface area contributed by atoms with Gasteiger partial charge in [-0.1, -0.05) is 15.9 Å². The minimum absolute atomic E-state index is 0.00506. The van der Waals surface area contributed by atoms with E-state index in [-0.39, 0.29) is 17.9 Å². The average Bonchev–Trinajstić information content (AvgIpc) is 2.61. The third-order valence-electron chi connectivity index (χ3n) is 3.11. The zero-order valence-corrected chi connectivity index (χ0v) is 15.5. The van der Waals surface area contributed by atoms with Crippen LogP contribution < -0.4 is 9.47 Å². The highest BCUT2D eigenvalue weighted by atomic mass is 79.9. The second-order valence-electron chi connectivity index (χ2n) is 4.97. The fraction of sp³-hybridized carbons (Fsp3) is 0.176. The van der Waals surface area contributed by atoms with E-state index in [0.717, 1.165) is 12.1 Å². The van der Waals surface area contributed by atoms with Gasteiger partial charge in [0, 0.05) is 10.5 Å². The predicted octanol–water partition coefficient (Wildman–Crippen LogP) is 4.10. The van der Waals surface area contributed by atoms with Crippen molar-refractivity contribution in [3.05, 3.63) is 56.3 Å². The first-order chi connectivity index (χ1) is 12.8. The zero-order valence-electron chi connectivity index (χ0n) is 13.9. The van der Waals surface area contributed by atoms with Crippen LogP contribution in [-0.4, -0.2) is 24.1 Å². The molecule has 8 nitrogen and oxygen atoms in total. The Morgan fingerprint density at radius 1 is 1.37 bits per heavy atom. The highest BCUT2D eigenvalue weighted by Gasteiger charge is 2.25. The summed E-state index contributed by atoms with van der Waals surface area (Å²) in [6, 6.07) is 8.09. The summed E-state index contributed by atoms with van der Waals surface area (Å²) in [5, 5.41) is 20.2. The van der Waals surface area contributed by atoms with Crippen LogP contribution in [0.5, 0.6) is 17.2 Å². The number of rotatable bonds is 7. The molecule has 2 aromatic rings. The summed E-state index contributed by atoms with van der Waals surface area (Å²) < 4.78 is 30.2. The Bertz CT molecular complexity index is 928.